The lowest BCUT2D eigenvalue weighted by molar-refractivity contribution is 1.22. The molecule has 0 fully saturated rings. The summed E-state index contributed by atoms with van der Waals surface area (Å²) in [5.74, 6) is 0. The Labute approximate surface area is 302 Å². The molecule has 6 aromatic carbocycles. The maximum Gasteiger partial charge on any atom is 0.0900 e. The van der Waals surface area contributed by atoms with Crippen LogP contribution in [0.15, 0.2) is 188 Å². The molecular formula is C49H31N3. The summed E-state index contributed by atoms with van der Waals surface area (Å²) in [5, 5.41) is 2.59. The zero-order valence-electron chi connectivity index (χ0n) is 28.2. The molecule has 0 unspecified atom stereocenters. The normalized spacial score (nSPS) is 11.5. The average molecular weight is 662 g/mol. The van der Waals surface area contributed by atoms with Gasteiger partial charge in [0.25, 0.3) is 0 Å². The first-order valence-electron chi connectivity index (χ1n) is 17.6. The molecule has 1 aliphatic carbocycles. The Balaban J connectivity index is 1.19. The Morgan fingerprint density at radius 2 is 0.808 bits per heavy atom. The molecule has 1 aliphatic rings. The topological polar surface area (TPSA) is 38.7 Å². The van der Waals surface area contributed by atoms with Crippen LogP contribution in [0.4, 0.5) is 0 Å². The van der Waals surface area contributed by atoms with Crippen LogP contribution in [0.3, 0.4) is 0 Å². The zero-order valence-corrected chi connectivity index (χ0v) is 28.2. The van der Waals surface area contributed by atoms with E-state index in [-0.39, 0.29) is 0 Å². The first-order valence-corrected chi connectivity index (χ1v) is 17.6. The van der Waals surface area contributed by atoms with E-state index >= 15 is 0 Å². The van der Waals surface area contributed by atoms with Crippen LogP contribution in [0.1, 0.15) is 0 Å². The number of pyridine rings is 3. The Morgan fingerprint density at radius 1 is 0.288 bits per heavy atom. The molecule has 3 aromatic heterocycles. The maximum absolute atomic E-state index is 4.99. The summed E-state index contributed by atoms with van der Waals surface area (Å²) in [6.45, 7) is 0. The van der Waals surface area contributed by atoms with E-state index in [0.717, 1.165) is 39.5 Å². The van der Waals surface area contributed by atoms with Gasteiger partial charge in [0.1, 0.15) is 0 Å². The number of benzene rings is 6. The molecule has 3 nitrogen and oxygen atoms in total. The highest BCUT2D eigenvalue weighted by Gasteiger charge is 2.30. The molecule has 0 aliphatic heterocycles. The molecule has 0 N–H and O–H groups in total. The molecular weight excluding hydrogens is 631 g/mol. The summed E-state index contributed by atoms with van der Waals surface area (Å²) in [4.78, 5) is 14.2. The molecule has 0 saturated heterocycles. The molecule has 242 valence electrons. The van der Waals surface area contributed by atoms with Crippen LogP contribution in [0.5, 0.6) is 0 Å². The third-order valence-corrected chi connectivity index (χ3v) is 10.1. The lowest BCUT2D eigenvalue weighted by Gasteiger charge is -2.21. The monoisotopic (exact) mass is 661 g/mol. The van der Waals surface area contributed by atoms with E-state index < -0.39 is 0 Å². The Morgan fingerprint density at radius 3 is 1.40 bits per heavy atom. The fraction of sp³-hybridized carbons (Fsp3) is 0. The van der Waals surface area contributed by atoms with Gasteiger partial charge in [-0.2, -0.15) is 0 Å². The van der Waals surface area contributed by atoms with Gasteiger partial charge in [-0.25, -0.2) is 4.98 Å². The second kappa shape index (κ2) is 12.4. The number of aromatic nitrogens is 3. The molecule has 3 heterocycles. The van der Waals surface area contributed by atoms with Crippen molar-refractivity contribution in [3.05, 3.63) is 188 Å². The lowest BCUT2D eigenvalue weighted by atomic mass is 9.82. The molecule has 0 amide bonds. The van der Waals surface area contributed by atoms with Crippen LogP contribution >= 0.6 is 0 Å². The van der Waals surface area contributed by atoms with Crippen molar-refractivity contribution >= 4 is 10.8 Å². The molecule has 0 spiro atoms. The Bertz CT molecular complexity index is 2680. The highest BCUT2D eigenvalue weighted by Crippen LogP contribution is 2.57. The van der Waals surface area contributed by atoms with E-state index in [1.165, 1.54) is 60.8 Å². The fourth-order valence-corrected chi connectivity index (χ4v) is 7.80. The van der Waals surface area contributed by atoms with Crippen molar-refractivity contribution < 1.29 is 0 Å². The van der Waals surface area contributed by atoms with E-state index in [4.69, 9.17) is 4.98 Å². The van der Waals surface area contributed by atoms with Gasteiger partial charge in [-0.1, -0.05) is 133 Å². The van der Waals surface area contributed by atoms with Crippen LogP contribution in [0.2, 0.25) is 0 Å². The number of hydrogen-bond acceptors (Lipinski definition) is 3. The molecule has 0 atom stereocenters. The van der Waals surface area contributed by atoms with E-state index in [2.05, 4.69) is 149 Å². The largest absolute Gasteiger partial charge is 0.255 e. The highest BCUT2D eigenvalue weighted by molar-refractivity contribution is 6.22. The minimum atomic E-state index is 0.814. The van der Waals surface area contributed by atoms with Gasteiger partial charge in [-0.3, -0.25) is 9.97 Å². The van der Waals surface area contributed by atoms with Crippen LogP contribution < -0.4 is 0 Å². The smallest absolute Gasteiger partial charge is 0.0900 e. The van der Waals surface area contributed by atoms with Gasteiger partial charge < -0.3 is 0 Å². The molecule has 52 heavy (non-hydrogen) atoms. The van der Waals surface area contributed by atoms with E-state index in [1.54, 1.807) is 0 Å². The minimum absolute atomic E-state index is 0.814. The Hall–Kier alpha value is -6.97. The molecule has 9 aromatic rings. The third-order valence-electron chi connectivity index (χ3n) is 10.1. The van der Waals surface area contributed by atoms with Gasteiger partial charge in [0, 0.05) is 12.4 Å². The first-order chi connectivity index (χ1) is 25.8. The summed E-state index contributed by atoms with van der Waals surface area (Å²) < 4.78 is 0. The van der Waals surface area contributed by atoms with Crippen LogP contribution in [0, 0.1) is 0 Å². The van der Waals surface area contributed by atoms with Crippen molar-refractivity contribution in [1.82, 2.24) is 15.0 Å². The number of nitrogens with zero attached hydrogens (tertiary/aromatic N) is 3. The summed E-state index contributed by atoms with van der Waals surface area (Å²) >= 11 is 0. The number of fused-ring (bicyclic) bond motifs is 3. The molecule has 0 saturated carbocycles. The summed E-state index contributed by atoms with van der Waals surface area (Å²) in [6.07, 6.45) is 3.62. The zero-order chi connectivity index (χ0) is 34.4. The predicted octanol–water partition coefficient (Wildman–Crippen LogP) is 12.7. The second-order valence-electron chi connectivity index (χ2n) is 13.2. The first kappa shape index (κ1) is 29.9. The van der Waals surface area contributed by atoms with Gasteiger partial charge >= 0.3 is 0 Å². The highest BCUT2D eigenvalue weighted by atomic mass is 14.8. The molecule has 10 rings (SSSR count). The van der Waals surface area contributed by atoms with Crippen LogP contribution in [-0.2, 0) is 0 Å². The quantitative estimate of drug-likeness (QED) is 0.178. The predicted molar refractivity (Wildman–Crippen MR) is 214 cm³/mol. The van der Waals surface area contributed by atoms with Gasteiger partial charge in [-0.15, -0.1) is 0 Å². The lowest BCUT2D eigenvalue weighted by Crippen LogP contribution is -1.95. The van der Waals surface area contributed by atoms with Crippen LogP contribution in [-0.4, -0.2) is 15.0 Å². The van der Waals surface area contributed by atoms with E-state index in [1.807, 2.05) is 48.8 Å². The van der Waals surface area contributed by atoms with Gasteiger partial charge in [0.2, 0.25) is 0 Å². The summed E-state index contributed by atoms with van der Waals surface area (Å²) in [5.41, 5.74) is 17.9. The van der Waals surface area contributed by atoms with Gasteiger partial charge in [0.15, 0.2) is 0 Å². The third kappa shape index (κ3) is 5.02. The van der Waals surface area contributed by atoms with Crippen molar-refractivity contribution in [1.29, 1.82) is 0 Å². The van der Waals surface area contributed by atoms with Gasteiger partial charge in [-0.05, 0) is 120 Å². The van der Waals surface area contributed by atoms with Crippen molar-refractivity contribution in [3.63, 3.8) is 0 Å². The molecule has 0 radical (unpaired) electrons. The van der Waals surface area contributed by atoms with Crippen molar-refractivity contribution in [2.45, 2.75) is 0 Å². The van der Waals surface area contributed by atoms with Crippen molar-refractivity contribution in [2.75, 3.05) is 0 Å². The maximum atomic E-state index is 4.99. The number of hydrogen-bond donors (Lipinski definition) is 0. The molecule has 3 heteroatoms. The summed E-state index contributed by atoms with van der Waals surface area (Å²) in [7, 11) is 0. The van der Waals surface area contributed by atoms with E-state index in [9.17, 15) is 0 Å². The fourth-order valence-electron chi connectivity index (χ4n) is 7.80. The average Bonchev–Trinajstić information content (AvgIpc) is 3.57. The standard InChI is InChI=1S/C49H31N3/c1-3-13-33(14-4-1)41-31-40(47(36-15-5-2-6-16-36)49-39-20-12-18-35-17-11-19-38(46(35)39)48(41)49)34-25-23-32(24-26-34)37-29-44(42-21-7-9-27-50-42)52-45(30-37)43-22-8-10-28-51-43/h1-31H. The number of rotatable bonds is 6. The second-order valence-corrected chi connectivity index (χ2v) is 13.2. The van der Waals surface area contributed by atoms with Gasteiger partial charge in [0.05, 0.1) is 22.8 Å². The Kier molecular flexibility index (Phi) is 7.14. The minimum Gasteiger partial charge on any atom is -0.255 e. The van der Waals surface area contributed by atoms with Crippen molar-refractivity contribution in [2.24, 2.45) is 0 Å². The van der Waals surface area contributed by atoms with Crippen LogP contribution in [0.25, 0.3) is 100 Å². The SMILES string of the molecule is c1ccc(-c2cc(-c3ccc(-c4cc(-c5ccccn5)nc(-c5ccccn5)c4)cc3)c(-c3ccccc3)c3c2-c2cccc4cccc-3c24)cc1. The molecule has 0 bridgehead atoms. The summed E-state index contributed by atoms with van der Waals surface area (Å²) in [6, 6.07) is 62.6. The van der Waals surface area contributed by atoms with Crippen molar-refractivity contribution in [3.8, 4) is 89.5 Å². The van der Waals surface area contributed by atoms with E-state index in [0.29, 0.717) is 0 Å².